The first-order valence-corrected chi connectivity index (χ1v) is 2.38. The predicted molar refractivity (Wildman–Crippen MR) is 35.7 cm³/mol. The van der Waals surface area contributed by atoms with E-state index in [0.717, 1.165) is 0 Å². The fourth-order valence-electron chi connectivity index (χ4n) is 0.453. The van der Waals surface area contributed by atoms with Crippen molar-refractivity contribution in [1.82, 2.24) is 0 Å². The minimum Gasteiger partial charge on any atom is -0.328 e. The molecule has 0 aromatic heterocycles. The summed E-state index contributed by atoms with van der Waals surface area (Å²) in [6.45, 7) is 3.37. The fraction of sp³-hybridized carbons (Fsp3) is 0.833. The van der Waals surface area contributed by atoms with Crippen LogP contribution in [0.25, 0.3) is 0 Å². The zero-order valence-electron chi connectivity index (χ0n) is 4.77. The van der Waals surface area contributed by atoms with Crippen molar-refractivity contribution in [2.75, 3.05) is 0 Å². The summed E-state index contributed by atoms with van der Waals surface area (Å²) in [5.74, 6) is 0.162. The smallest absolute Gasteiger partial charge is 0.131 e. The maximum atomic E-state index is 10.2. The van der Waals surface area contributed by atoms with Gasteiger partial charge in [0.15, 0.2) is 0 Å². The number of hydrogen-bond acceptors (Lipinski definition) is 2. The molecule has 0 radical (unpaired) electrons. The second-order valence-electron chi connectivity index (χ2n) is 1.88. The van der Waals surface area contributed by atoms with E-state index in [1.54, 1.807) is 6.92 Å². The van der Waals surface area contributed by atoms with Gasteiger partial charge in [0.1, 0.15) is 5.78 Å². The minimum atomic E-state index is 0. The Morgan fingerprint density at radius 2 is 2.12 bits per heavy atom. The van der Waals surface area contributed by atoms with Gasteiger partial charge in [-0.1, -0.05) is 7.43 Å². The maximum Gasteiger partial charge on any atom is 0.131 e. The lowest BCUT2D eigenvalue weighted by atomic mass is 10.2. The van der Waals surface area contributed by atoms with E-state index in [1.165, 1.54) is 0 Å². The van der Waals surface area contributed by atoms with Crippen LogP contribution in [0.3, 0.4) is 0 Å². The van der Waals surface area contributed by atoms with Crippen molar-refractivity contribution in [3.8, 4) is 0 Å². The largest absolute Gasteiger partial charge is 0.328 e. The summed E-state index contributed by atoms with van der Waals surface area (Å²) in [6, 6.07) is 0.0255. The van der Waals surface area contributed by atoms with Crippen molar-refractivity contribution in [3.63, 3.8) is 0 Å². The highest BCUT2D eigenvalue weighted by Gasteiger charge is 1.95. The van der Waals surface area contributed by atoms with Crippen molar-refractivity contribution >= 4 is 5.78 Å². The first kappa shape index (κ1) is 10.6. The molecule has 0 rings (SSSR count). The van der Waals surface area contributed by atoms with Gasteiger partial charge in [-0.2, -0.15) is 0 Å². The van der Waals surface area contributed by atoms with Gasteiger partial charge in [-0.25, -0.2) is 0 Å². The Balaban J connectivity index is 0. The van der Waals surface area contributed by atoms with Crippen LogP contribution >= 0.6 is 0 Å². The number of nitrogens with two attached hydrogens (primary N) is 1. The molecular formula is C6H15NO. The summed E-state index contributed by atoms with van der Waals surface area (Å²) in [5, 5.41) is 0. The van der Waals surface area contributed by atoms with Gasteiger partial charge in [0.25, 0.3) is 0 Å². The van der Waals surface area contributed by atoms with E-state index in [9.17, 15) is 4.79 Å². The Morgan fingerprint density at radius 1 is 1.75 bits per heavy atom. The first-order chi connectivity index (χ1) is 3.13. The lowest BCUT2D eigenvalue weighted by molar-refractivity contribution is -0.117. The van der Waals surface area contributed by atoms with E-state index in [2.05, 4.69) is 0 Å². The van der Waals surface area contributed by atoms with Crippen LogP contribution in [0, 0.1) is 0 Å². The molecule has 2 heteroatoms. The molecule has 0 aliphatic heterocycles. The summed E-state index contributed by atoms with van der Waals surface area (Å²) in [5.41, 5.74) is 5.27. The quantitative estimate of drug-likeness (QED) is 0.585. The van der Waals surface area contributed by atoms with Crippen molar-refractivity contribution in [1.29, 1.82) is 0 Å². The van der Waals surface area contributed by atoms with Gasteiger partial charge >= 0.3 is 0 Å². The Morgan fingerprint density at radius 3 is 2.12 bits per heavy atom. The molecule has 2 N–H and O–H groups in total. The molecule has 0 amide bonds. The number of Topliss-reactive ketones (excluding diaryl/α,β-unsaturated/α-hetero) is 1. The van der Waals surface area contributed by atoms with Crippen molar-refractivity contribution in [3.05, 3.63) is 0 Å². The standard InChI is InChI=1S/C5H11NO.CH4/c1-4(6)3-5(2)7;/h4H,3,6H2,1-2H3;1H4. The normalized spacial score (nSPS) is 11.9. The number of hydrogen-bond donors (Lipinski definition) is 1. The van der Waals surface area contributed by atoms with Crippen LogP contribution in [-0.2, 0) is 4.79 Å². The fourth-order valence-corrected chi connectivity index (χ4v) is 0.453. The molecule has 0 bridgehead atoms. The van der Waals surface area contributed by atoms with E-state index in [4.69, 9.17) is 5.73 Å². The van der Waals surface area contributed by atoms with E-state index >= 15 is 0 Å². The molecule has 0 aromatic carbocycles. The van der Waals surface area contributed by atoms with Crippen LogP contribution in [0.4, 0.5) is 0 Å². The van der Waals surface area contributed by atoms with Crippen LogP contribution in [0.1, 0.15) is 27.7 Å². The third kappa shape index (κ3) is 9.16. The Bertz CT molecular complexity index is 68.9. The second-order valence-corrected chi connectivity index (χ2v) is 1.88. The number of ketones is 1. The van der Waals surface area contributed by atoms with E-state index in [-0.39, 0.29) is 19.3 Å². The highest BCUT2D eigenvalue weighted by molar-refractivity contribution is 5.75. The molecule has 0 aromatic rings. The number of rotatable bonds is 2. The van der Waals surface area contributed by atoms with Gasteiger partial charge in [0.05, 0.1) is 0 Å². The van der Waals surface area contributed by atoms with Crippen molar-refractivity contribution in [2.45, 2.75) is 33.7 Å². The molecule has 8 heavy (non-hydrogen) atoms. The second kappa shape index (κ2) is 4.78. The maximum absolute atomic E-state index is 10.2. The SMILES string of the molecule is C.CC(=O)CC(C)N. The van der Waals surface area contributed by atoms with Gasteiger partial charge in [0.2, 0.25) is 0 Å². The summed E-state index contributed by atoms with van der Waals surface area (Å²) in [7, 11) is 0. The molecule has 0 aliphatic carbocycles. The van der Waals surface area contributed by atoms with Gasteiger partial charge in [-0.05, 0) is 13.8 Å². The average Bonchev–Trinajstić information content (AvgIpc) is 1.27. The zero-order valence-corrected chi connectivity index (χ0v) is 4.77. The van der Waals surface area contributed by atoms with Gasteiger partial charge in [0, 0.05) is 12.5 Å². The van der Waals surface area contributed by atoms with Crippen LogP contribution in [0.5, 0.6) is 0 Å². The lowest BCUT2D eigenvalue weighted by Crippen LogP contribution is -2.17. The van der Waals surface area contributed by atoms with E-state index in [0.29, 0.717) is 6.42 Å². The van der Waals surface area contributed by atoms with Crippen LogP contribution in [0.15, 0.2) is 0 Å². The predicted octanol–water partition coefficient (Wildman–Crippen LogP) is 0.949. The Kier molecular flexibility index (Phi) is 6.32. The van der Waals surface area contributed by atoms with Gasteiger partial charge in [-0.15, -0.1) is 0 Å². The molecule has 1 atom stereocenters. The molecule has 0 heterocycles. The van der Waals surface area contributed by atoms with Crippen LogP contribution in [-0.4, -0.2) is 11.8 Å². The lowest BCUT2D eigenvalue weighted by Gasteiger charge is -1.96. The molecule has 1 unspecified atom stereocenters. The topological polar surface area (TPSA) is 43.1 Å². The number of carbonyl (C=O) groups is 1. The van der Waals surface area contributed by atoms with Crippen LogP contribution in [0.2, 0.25) is 0 Å². The molecule has 0 aliphatic rings. The Labute approximate surface area is 51.1 Å². The monoisotopic (exact) mass is 117 g/mol. The van der Waals surface area contributed by atoms with Crippen molar-refractivity contribution in [2.24, 2.45) is 5.73 Å². The highest BCUT2D eigenvalue weighted by atomic mass is 16.1. The molecule has 0 saturated carbocycles. The first-order valence-electron chi connectivity index (χ1n) is 2.38. The molecule has 0 fully saturated rings. The van der Waals surface area contributed by atoms with Crippen LogP contribution < -0.4 is 5.73 Å². The van der Waals surface area contributed by atoms with Gasteiger partial charge in [-0.3, -0.25) is 4.79 Å². The zero-order chi connectivity index (χ0) is 5.86. The molecular weight excluding hydrogens is 102 g/mol. The van der Waals surface area contributed by atoms with Crippen molar-refractivity contribution < 1.29 is 4.79 Å². The van der Waals surface area contributed by atoms with E-state index < -0.39 is 0 Å². The highest BCUT2D eigenvalue weighted by Crippen LogP contribution is 1.84. The molecule has 50 valence electrons. The molecule has 2 nitrogen and oxygen atoms in total. The molecule has 0 saturated heterocycles. The average molecular weight is 117 g/mol. The van der Waals surface area contributed by atoms with E-state index in [1.807, 2.05) is 6.92 Å². The summed E-state index contributed by atoms with van der Waals surface area (Å²) >= 11 is 0. The third-order valence-electron chi connectivity index (χ3n) is 0.609. The van der Waals surface area contributed by atoms with Gasteiger partial charge < -0.3 is 5.73 Å². The summed E-state index contributed by atoms with van der Waals surface area (Å²) in [6.07, 6.45) is 0.500. The minimum absolute atomic E-state index is 0. The number of carbonyl (C=O) groups excluding carboxylic acids is 1. The summed E-state index contributed by atoms with van der Waals surface area (Å²) in [4.78, 5) is 10.2. The third-order valence-corrected chi connectivity index (χ3v) is 0.609. The summed E-state index contributed by atoms with van der Waals surface area (Å²) < 4.78 is 0. The Hall–Kier alpha value is -0.370. The molecule has 0 spiro atoms.